The predicted octanol–water partition coefficient (Wildman–Crippen LogP) is 2.47. The second-order valence-electron chi connectivity index (χ2n) is 5.03. The molecule has 0 unspecified atom stereocenters. The lowest BCUT2D eigenvalue weighted by Crippen LogP contribution is -1.97. The highest BCUT2D eigenvalue weighted by Crippen LogP contribution is 2.35. The number of aryl methyl sites for hydroxylation is 1. The summed E-state index contributed by atoms with van der Waals surface area (Å²) in [5.41, 5.74) is 13.1. The van der Waals surface area contributed by atoms with Gasteiger partial charge in [-0.15, -0.1) is 10.2 Å². The van der Waals surface area contributed by atoms with Crippen molar-refractivity contribution >= 4 is 11.3 Å². The first-order chi connectivity index (χ1) is 9.33. The molecule has 2 aromatic heterocycles. The molecule has 0 saturated carbocycles. The van der Waals surface area contributed by atoms with Gasteiger partial charge in [0.25, 0.3) is 0 Å². The third kappa shape index (κ3) is 1.53. The highest BCUT2D eigenvalue weighted by molar-refractivity contribution is 5.80. The largest absolute Gasteiger partial charge is 0.398 e. The first kappa shape index (κ1) is 10.6. The number of nitrogen functional groups attached to an aromatic ring is 1. The quantitative estimate of drug-likeness (QED) is 0.675. The predicted molar refractivity (Wildman–Crippen MR) is 74.9 cm³/mol. The molecule has 1 aromatic carbocycles. The number of hydrogen-bond donors (Lipinski definition) is 1. The summed E-state index contributed by atoms with van der Waals surface area (Å²) in [4.78, 5) is 0. The average molecular weight is 250 g/mol. The van der Waals surface area contributed by atoms with Crippen LogP contribution in [-0.2, 0) is 12.8 Å². The summed E-state index contributed by atoms with van der Waals surface area (Å²) in [6.07, 6.45) is 7.21. The van der Waals surface area contributed by atoms with Crippen LogP contribution in [-0.4, -0.2) is 14.6 Å². The fraction of sp³-hybridized carbons (Fsp3) is 0.200. The lowest BCUT2D eigenvalue weighted by molar-refractivity contribution is 0.912. The summed E-state index contributed by atoms with van der Waals surface area (Å²) in [7, 11) is 0. The highest BCUT2D eigenvalue weighted by Gasteiger charge is 2.16. The fourth-order valence-electron chi connectivity index (χ4n) is 2.93. The van der Waals surface area contributed by atoms with E-state index in [1.807, 2.05) is 16.7 Å². The molecule has 0 amide bonds. The van der Waals surface area contributed by atoms with Gasteiger partial charge < -0.3 is 5.73 Å². The van der Waals surface area contributed by atoms with Gasteiger partial charge in [0.05, 0.1) is 0 Å². The van der Waals surface area contributed by atoms with E-state index in [9.17, 15) is 0 Å². The average Bonchev–Trinajstić information content (AvgIpc) is 3.07. The monoisotopic (exact) mass is 250 g/mol. The summed E-state index contributed by atoms with van der Waals surface area (Å²) in [6.45, 7) is 0. The Kier molecular flexibility index (Phi) is 2.12. The standard InChI is InChI=1S/C15H14N4/c16-15-12-3-1-2-10(12)4-6-13(15)11-5-7-14-18-17-9-19(14)8-11/h4-9H,1-3,16H2. The Balaban J connectivity index is 1.92. The van der Waals surface area contributed by atoms with E-state index in [0.29, 0.717) is 0 Å². The minimum absolute atomic E-state index is 0.850. The van der Waals surface area contributed by atoms with Crippen LogP contribution < -0.4 is 5.73 Å². The maximum absolute atomic E-state index is 6.35. The molecule has 4 nitrogen and oxygen atoms in total. The van der Waals surface area contributed by atoms with E-state index in [2.05, 4.69) is 28.4 Å². The molecule has 0 spiro atoms. The van der Waals surface area contributed by atoms with Crippen LogP contribution in [0, 0.1) is 0 Å². The van der Waals surface area contributed by atoms with Crippen LogP contribution in [0.2, 0.25) is 0 Å². The van der Waals surface area contributed by atoms with Crippen molar-refractivity contribution in [1.29, 1.82) is 0 Å². The molecule has 0 atom stereocenters. The minimum Gasteiger partial charge on any atom is -0.398 e. The van der Waals surface area contributed by atoms with Crippen molar-refractivity contribution in [2.75, 3.05) is 5.73 Å². The van der Waals surface area contributed by atoms with E-state index in [1.165, 1.54) is 17.5 Å². The summed E-state index contributed by atoms with van der Waals surface area (Å²) in [5.74, 6) is 0. The Hall–Kier alpha value is -2.36. The molecule has 2 heterocycles. The molecule has 3 aromatic rings. The normalized spacial score (nSPS) is 13.9. The zero-order valence-corrected chi connectivity index (χ0v) is 10.5. The molecular formula is C15H14N4. The van der Waals surface area contributed by atoms with Gasteiger partial charge >= 0.3 is 0 Å². The van der Waals surface area contributed by atoms with E-state index in [0.717, 1.165) is 35.3 Å². The van der Waals surface area contributed by atoms with Crippen molar-refractivity contribution in [2.24, 2.45) is 0 Å². The van der Waals surface area contributed by atoms with Gasteiger partial charge in [-0.2, -0.15) is 0 Å². The first-order valence-electron chi connectivity index (χ1n) is 6.53. The molecule has 0 fully saturated rings. The van der Waals surface area contributed by atoms with Gasteiger partial charge in [0.15, 0.2) is 5.65 Å². The van der Waals surface area contributed by atoms with Crippen LogP contribution in [0.5, 0.6) is 0 Å². The zero-order chi connectivity index (χ0) is 12.8. The van der Waals surface area contributed by atoms with Crippen LogP contribution in [0.25, 0.3) is 16.8 Å². The molecule has 0 radical (unpaired) electrons. The van der Waals surface area contributed by atoms with Crippen molar-refractivity contribution in [1.82, 2.24) is 14.6 Å². The molecule has 94 valence electrons. The highest BCUT2D eigenvalue weighted by atomic mass is 15.2. The van der Waals surface area contributed by atoms with Gasteiger partial charge in [-0.25, -0.2) is 0 Å². The third-order valence-electron chi connectivity index (χ3n) is 3.93. The molecule has 2 N–H and O–H groups in total. The minimum atomic E-state index is 0.850. The SMILES string of the molecule is Nc1c(-c2ccc3nncn3c2)ccc2c1CCC2. The number of aromatic nitrogens is 3. The number of pyridine rings is 1. The lowest BCUT2D eigenvalue weighted by Gasteiger charge is -2.11. The van der Waals surface area contributed by atoms with Crippen LogP contribution >= 0.6 is 0 Å². The van der Waals surface area contributed by atoms with Crippen LogP contribution in [0.4, 0.5) is 5.69 Å². The molecule has 1 aliphatic rings. The maximum atomic E-state index is 6.35. The van der Waals surface area contributed by atoms with Gasteiger partial charge in [-0.1, -0.05) is 12.1 Å². The maximum Gasteiger partial charge on any atom is 0.160 e. The Morgan fingerprint density at radius 3 is 3.00 bits per heavy atom. The van der Waals surface area contributed by atoms with Crippen LogP contribution in [0.15, 0.2) is 36.8 Å². The molecular weight excluding hydrogens is 236 g/mol. The van der Waals surface area contributed by atoms with Crippen molar-refractivity contribution in [3.05, 3.63) is 47.9 Å². The molecule has 0 aliphatic heterocycles. The summed E-state index contributed by atoms with van der Waals surface area (Å²) < 4.78 is 1.92. The van der Waals surface area contributed by atoms with E-state index in [4.69, 9.17) is 5.73 Å². The Bertz CT molecular complexity index is 773. The Labute approximate surface area is 110 Å². The van der Waals surface area contributed by atoms with Crippen molar-refractivity contribution in [3.8, 4) is 11.1 Å². The van der Waals surface area contributed by atoms with E-state index in [-0.39, 0.29) is 0 Å². The Morgan fingerprint density at radius 2 is 2.05 bits per heavy atom. The topological polar surface area (TPSA) is 56.2 Å². The Morgan fingerprint density at radius 1 is 1.11 bits per heavy atom. The van der Waals surface area contributed by atoms with E-state index < -0.39 is 0 Å². The molecule has 0 bridgehead atoms. The molecule has 4 heteroatoms. The van der Waals surface area contributed by atoms with Gasteiger partial charge in [0.2, 0.25) is 0 Å². The van der Waals surface area contributed by atoms with Crippen LogP contribution in [0.1, 0.15) is 17.5 Å². The number of nitrogens with two attached hydrogens (primary N) is 1. The van der Waals surface area contributed by atoms with E-state index in [1.54, 1.807) is 6.33 Å². The zero-order valence-electron chi connectivity index (χ0n) is 10.5. The van der Waals surface area contributed by atoms with Gasteiger partial charge in [0, 0.05) is 23.0 Å². The van der Waals surface area contributed by atoms with Gasteiger partial charge in [0.1, 0.15) is 6.33 Å². The summed E-state index contributed by atoms with van der Waals surface area (Å²) in [5, 5.41) is 7.91. The second-order valence-corrected chi connectivity index (χ2v) is 5.03. The molecule has 4 rings (SSSR count). The van der Waals surface area contributed by atoms with E-state index >= 15 is 0 Å². The van der Waals surface area contributed by atoms with Crippen molar-refractivity contribution in [3.63, 3.8) is 0 Å². The number of hydrogen-bond acceptors (Lipinski definition) is 3. The molecule has 19 heavy (non-hydrogen) atoms. The number of benzene rings is 1. The molecule has 0 saturated heterocycles. The number of nitrogens with zero attached hydrogens (tertiary/aromatic N) is 3. The number of anilines is 1. The lowest BCUT2D eigenvalue weighted by atomic mass is 9.99. The smallest absolute Gasteiger partial charge is 0.160 e. The second kappa shape index (κ2) is 3.82. The van der Waals surface area contributed by atoms with Gasteiger partial charge in [-0.05, 0) is 42.5 Å². The number of fused-ring (bicyclic) bond motifs is 2. The van der Waals surface area contributed by atoms with Crippen molar-refractivity contribution < 1.29 is 0 Å². The van der Waals surface area contributed by atoms with Gasteiger partial charge in [-0.3, -0.25) is 4.40 Å². The number of rotatable bonds is 1. The van der Waals surface area contributed by atoms with Crippen LogP contribution in [0.3, 0.4) is 0 Å². The first-order valence-corrected chi connectivity index (χ1v) is 6.53. The van der Waals surface area contributed by atoms with Crippen molar-refractivity contribution in [2.45, 2.75) is 19.3 Å². The fourth-order valence-corrected chi connectivity index (χ4v) is 2.93. The third-order valence-corrected chi connectivity index (χ3v) is 3.93. The summed E-state index contributed by atoms with van der Waals surface area (Å²) >= 11 is 0. The summed E-state index contributed by atoms with van der Waals surface area (Å²) in [6, 6.07) is 8.36. The molecule has 1 aliphatic carbocycles.